The van der Waals surface area contributed by atoms with Crippen molar-refractivity contribution in [3.8, 4) is 0 Å². The van der Waals surface area contributed by atoms with Gasteiger partial charge in [0.05, 0.1) is 11.9 Å². The Balaban J connectivity index is 1.82. The molecule has 5 heteroatoms. The SMILES string of the molecule is CCc1ccc(CNC(=O)Cn2cc(N)cn2)cc1. The van der Waals surface area contributed by atoms with Gasteiger partial charge in [0.1, 0.15) is 6.54 Å². The van der Waals surface area contributed by atoms with Gasteiger partial charge >= 0.3 is 0 Å². The van der Waals surface area contributed by atoms with Gasteiger partial charge in [-0.05, 0) is 17.5 Å². The average Bonchev–Trinajstić information content (AvgIpc) is 2.82. The number of rotatable bonds is 5. The summed E-state index contributed by atoms with van der Waals surface area (Å²) in [7, 11) is 0. The molecule has 0 spiro atoms. The number of benzene rings is 1. The van der Waals surface area contributed by atoms with Gasteiger partial charge in [-0.2, -0.15) is 5.10 Å². The third-order valence-electron chi connectivity index (χ3n) is 2.88. The number of carbonyl (C=O) groups is 1. The number of aromatic nitrogens is 2. The van der Waals surface area contributed by atoms with Crippen molar-refractivity contribution in [2.24, 2.45) is 0 Å². The first-order valence-electron chi connectivity index (χ1n) is 6.30. The van der Waals surface area contributed by atoms with Gasteiger partial charge in [0.2, 0.25) is 5.91 Å². The van der Waals surface area contributed by atoms with Crippen molar-refractivity contribution in [3.05, 3.63) is 47.8 Å². The number of hydrogen-bond acceptors (Lipinski definition) is 3. The maximum atomic E-state index is 11.7. The Bertz CT molecular complexity index is 545. The summed E-state index contributed by atoms with van der Waals surface area (Å²) in [6.07, 6.45) is 4.18. The van der Waals surface area contributed by atoms with Crippen LogP contribution in [0.3, 0.4) is 0 Å². The van der Waals surface area contributed by atoms with E-state index in [1.165, 1.54) is 16.4 Å². The summed E-state index contributed by atoms with van der Waals surface area (Å²) in [5.41, 5.74) is 8.47. The van der Waals surface area contributed by atoms with Gasteiger partial charge in [-0.3, -0.25) is 9.48 Å². The Morgan fingerprint density at radius 2 is 2.00 bits per heavy atom. The van der Waals surface area contributed by atoms with Gasteiger partial charge in [0, 0.05) is 12.7 Å². The first-order chi connectivity index (χ1) is 9.17. The predicted octanol–water partition coefficient (Wildman–Crippen LogP) is 1.34. The third kappa shape index (κ3) is 3.84. The summed E-state index contributed by atoms with van der Waals surface area (Å²) in [5.74, 6) is -0.0809. The van der Waals surface area contributed by atoms with Crippen molar-refractivity contribution >= 4 is 11.6 Å². The molecule has 2 rings (SSSR count). The van der Waals surface area contributed by atoms with Crippen molar-refractivity contribution in [3.63, 3.8) is 0 Å². The van der Waals surface area contributed by atoms with Crippen LogP contribution >= 0.6 is 0 Å². The molecule has 0 unspecified atom stereocenters. The minimum atomic E-state index is -0.0809. The molecule has 2 aromatic rings. The minimum absolute atomic E-state index is 0.0809. The number of nitrogens with one attached hydrogen (secondary N) is 1. The predicted molar refractivity (Wildman–Crippen MR) is 74.3 cm³/mol. The van der Waals surface area contributed by atoms with E-state index >= 15 is 0 Å². The lowest BCUT2D eigenvalue weighted by Crippen LogP contribution is -2.27. The second-order valence-electron chi connectivity index (χ2n) is 4.42. The number of nitrogens with two attached hydrogens (primary N) is 1. The summed E-state index contributed by atoms with van der Waals surface area (Å²) in [6, 6.07) is 8.22. The van der Waals surface area contributed by atoms with E-state index in [2.05, 4.69) is 29.5 Å². The van der Waals surface area contributed by atoms with E-state index in [0.29, 0.717) is 12.2 Å². The molecule has 0 atom stereocenters. The quantitative estimate of drug-likeness (QED) is 0.850. The number of carbonyl (C=O) groups excluding carboxylic acids is 1. The van der Waals surface area contributed by atoms with Crippen LogP contribution in [0.5, 0.6) is 0 Å². The van der Waals surface area contributed by atoms with Crippen LogP contribution < -0.4 is 11.1 Å². The lowest BCUT2D eigenvalue weighted by atomic mass is 10.1. The Hall–Kier alpha value is -2.30. The van der Waals surface area contributed by atoms with Crippen molar-refractivity contribution in [2.45, 2.75) is 26.4 Å². The second kappa shape index (κ2) is 6.04. The molecule has 0 aliphatic carbocycles. The smallest absolute Gasteiger partial charge is 0.241 e. The van der Waals surface area contributed by atoms with Gasteiger partial charge < -0.3 is 11.1 Å². The van der Waals surface area contributed by atoms with E-state index in [4.69, 9.17) is 5.73 Å². The fraction of sp³-hybridized carbons (Fsp3) is 0.286. The number of nitrogens with zero attached hydrogens (tertiary/aromatic N) is 2. The maximum absolute atomic E-state index is 11.7. The zero-order valence-electron chi connectivity index (χ0n) is 11.0. The van der Waals surface area contributed by atoms with Crippen LogP contribution in [0.4, 0.5) is 5.69 Å². The maximum Gasteiger partial charge on any atom is 0.241 e. The molecule has 0 aliphatic heterocycles. The zero-order valence-corrected chi connectivity index (χ0v) is 11.0. The highest BCUT2D eigenvalue weighted by Gasteiger charge is 2.03. The van der Waals surface area contributed by atoms with Crippen molar-refractivity contribution in [1.29, 1.82) is 0 Å². The standard InChI is InChI=1S/C14H18N4O/c1-2-11-3-5-12(6-4-11)7-16-14(19)10-18-9-13(15)8-17-18/h3-6,8-9H,2,7,10,15H2,1H3,(H,16,19). The highest BCUT2D eigenvalue weighted by atomic mass is 16.2. The normalized spacial score (nSPS) is 10.4. The highest BCUT2D eigenvalue weighted by molar-refractivity contribution is 5.75. The highest BCUT2D eigenvalue weighted by Crippen LogP contribution is 2.04. The molecule has 0 saturated heterocycles. The Labute approximate surface area is 112 Å². The van der Waals surface area contributed by atoms with Crippen LogP contribution in [0.1, 0.15) is 18.1 Å². The lowest BCUT2D eigenvalue weighted by molar-refractivity contribution is -0.122. The summed E-state index contributed by atoms with van der Waals surface area (Å²) in [6.45, 7) is 2.83. The van der Waals surface area contributed by atoms with E-state index in [9.17, 15) is 4.79 Å². The number of anilines is 1. The average molecular weight is 258 g/mol. The van der Waals surface area contributed by atoms with Gasteiger partial charge in [0.15, 0.2) is 0 Å². The summed E-state index contributed by atoms with van der Waals surface area (Å²) < 4.78 is 1.52. The van der Waals surface area contributed by atoms with E-state index < -0.39 is 0 Å². The fourth-order valence-corrected chi connectivity index (χ4v) is 1.76. The molecule has 0 saturated carbocycles. The topological polar surface area (TPSA) is 72.9 Å². The molecular weight excluding hydrogens is 240 g/mol. The van der Waals surface area contributed by atoms with E-state index in [1.807, 2.05) is 12.1 Å². The Kier molecular flexibility index (Phi) is 4.18. The monoisotopic (exact) mass is 258 g/mol. The molecule has 0 radical (unpaired) electrons. The van der Waals surface area contributed by atoms with Crippen LogP contribution in [0.25, 0.3) is 0 Å². The third-order valence-corrected chi connectivity index (χ3v) is 2.88. The summed E-state index contributed by atoms with van der Waals surface area (Å²) >= 11 is 0. The first kappa shape index (κ1) is 13.1. The molecule has 0 aliphatic rings. The Morgan fingerprint density at radius 3 is 2.58 bits per heavy atom. The molecule has 1 amide bonds. The molecule has 3 N–H and O–H groups in total. The molecule has 5 nitrogen and oxygen atoms in total. The Morgan fingerprint density at radius 1 is 1.32 bits per heavy atom. The summed E-state index contributed by atoms with van der Waals surface area (Å²) in [4.78, 5) is 11.7. The fourth-order valence-electron chi connectivity index (χ4n) is 1.76. The molecule has 19 heavy (non-hydrogen) atoms. The van der Waals surface area contributed by atoms with Crippen LogP contribution in [0.15, 0.2) is 36.7 Å². The number of aryl methyl sites for hydroxylation is 1. The summed E-state index contributed by atoms with van der Waals surface area (Å²) in [5, 5.41) is 6.82. The number of hydrogen-bond donors (Lipinski definition) is 2. The molecular formula is C14H18N4O. The molecule has 1 aromatic carbocycles. The van der Waals surface area contributed by atoms with E-state index in [0.717, 1.165) is 12.0 Å². The molecule has 0 fully saturated rings. The number of nitrogen functional groups attached to an aromatic ring is 1. The van der Waals surface area contributed by atoms with Crippen molar-refractivity contribution < 1.29 is 4.79 Å². The molecule has 0 bridgehead atoms. The van der Waals surface area contributed by atoms with Crippen LogP contribution in [0.2, 0.25) is 0 Å². The van der Waals surface area contributed by atoms with Gasteiger partial charge in [-0.15, -0.1) is 0 Å². The van der Waals surface area contributed by atoms with Crippen molar-refractivity contribution in [2.75, 3.05) is 5.73 Å². The van der Waals surface area contributed by atoms with Crippen LogP contribution in [-0.4, -0.2) is 15.7 Å². The van der Waals surface area contributed by atoms with Crippen molar-refractivity contribution in [1.82, 2.24) is 15.1 Å². The van der Waals surface area contributed by atoms with E-state index in [-0.39, 0.29) is 12.5 Å². The van der Waals surface area contributed by atoms with Gasteiger partial charge in [-0.1, -0.05) is 31.2 Å². The molecule has 1 aromatic heterocycles. The van der Waals surface area contributed by atoms with Gasteiger partial charge in [0.25, 0.3) is 0 Å². The second-order valence-corrected chi connectivity index (χ2v) is 4.42. The zero-order chi connectivity index (χ0) is 13.7. The lowest BCUT2D eigenvalue weighted by Gasteiger charge is -2.06. The van der Waals surface area contributed by atoms with E-state index in [1.54, 1.807) is 6.20 Å². The first-order valence-corrected chi connectivity index (χ1v) is 6.30. The minimum Gasteiger partial charge on any atom is -0.396 e. The van der Waals surface area contributed by atoms with Crippen LogP contribution in [-0.2, 0) is 24.3 Å². The molecule has 100 valence electrons. The van der Waals surface area contributed by atoms with Crippen LogP contribution in [0, 0.1) is 0 Å². The molecule has 1 heterocycles. The number of amides is 1. The largest absolute Gasteiger partial charge is 0.396 e. The van der Waals surface area contributed by atoms with Gasteiger partial charge in [-0.25, -0.2) is 0 Å².